The quantitative estimate of drug-likeness (QED) is 0.844. The number of carbonyl (C=O) groups is 1. The number of likely N-dealkylation sites (tertiary alicyclic amines) is 1. The van der Waals surface area contributed by atoms with Crippen LogP contribution in [0.2, 0.25) is 0 Å². The van der Waals surface area contributed by atoms with Crippen molar-refractivity contribution in [3.63, 3.8) is 0 Å². The van der Waals surface area contributed by atoms with Crippen LogP contribution < -0.4 is 5.32 Å². The number of nitrogens with one attached hydrogen (secondary N) is 1. The Morgan fingerprint density at radius 3 is 2.58 bits per heavy atom. The molecule has 3 nitrogen and oxygen atoms in total. The minimum atomic E-state index is -0.373. The van der Waals surface area contributed by atoms with E-state index in [9.17, 15) is 9.18 Å². The third-order valence-corrected chi connectivity index (χ3v) is 4.53. The van der Waals surface area contributed by atoms with Crippen molar-refractivity contribution in [3.05, 3.63) is 34.1 Å². The lowest BCUT2D eigenvalue weighted by atomic mass is 10.0. The van der Waals surface area contributed by atoms with E-state index in [1.54, 1.807) is 6.07 Å². The van der Waals surface area contributed by atoms with Gasteiger partial charge in [-0.05, 0) is 46.0 Å². The average molecular weight is 350 g/mol. The van der Waals surface area contributed by atoms with Gasteiger partial charge in [-0.3, -0.25) is 4.79 Å². The van der Waals surface area contributed by atoms with Gasteiger partial charge in [-0.1, -0.05) is 0 Å². The van der Waals surface area contributed by atoms with Gasteiger partial charge in [0.05, 0.1) is 5.56 Å². The highest BCUT2D eigenvalue weighted by atomic mass is 79.9. The van der Waals surface area contributed by atoms with Crippen LogP contribution in [0.3, 0.4) is 0 Å². The predicted molar refractivity (Wildman–Crippen MR) is 77.1 cm³/mol. The average Bonchev–Trinajstić information content (AvgIpc) is 2.91. The summed E-state index contributed by atoms with van der Waals surface area (Å²) in [5.74, 6) is 0.668. The Morgan fingerprint density at radius 2 is 1.95 bits per heavy atom. The Morgan fingerprint density at radius 1 is 1.32 bits per heavy atom. The van der Waals surface area contributed by atoms with Crippen LogP contribution in [0.5, 0.6) is 0 Å². The van der Waals surface area contributed by atoms with E-state index in [0.29, 0.717) is 21.9 Å². The van der Waals surface area contributed by atoms with Crippen molar-refractivity contribution in [1.82, 2.24) is 10.2 Å². The molecule has 0 bridgehead atoms. The highest BCUT2D eigenvalue weighted by Crippen LogP contribution is 2.29. The SMILES string of the molecule is Cl.O=C(c1cc(F)ccc1Br)N1C[C@H]2CNC[C@H]2C1. The van der Waals surface area contributed by atoms with Crippen molar-refractivity contribution < 1.29 is 9.18 Å². The topological polar surface area (TPSA) is 32.3 Å². The minimum Gasteiger partial charge on any atom is -0.338 e. The van der Waals surface area contributed by atoms with Gasteiger partial charge in [0.2, 0.25) is 0 Å². The Bertz CT molecular complexity index is 488. The first-order chi connectivity index (χ1) is 8.65. The molecule has 1 N–H and O–H groups in total. The van der Waals surface area contributed by atoms with Crippen molar-refractivity contribution in [2.75, 3.05) is 26.2 Å². The van der Waals surface area contributed by atoms with Gasteiger partial charge < -0.3 is 10.2 Å². The standard InChI is InChI=1S/C13H14BrFN2O.ClH/c14-12-2-1-10(15)3-11(12)13(18)17-6-8-4-16-5-9(8)7-17;/h1-3,8-9,16H,4-7H2;1H/t8-,9+;. The maximum absolute atomic E-state index is 13.2. The van der Waals surface area contributed by atoms with E-state index in [2.05, 4.69) is 21.2 Å². The molecule has 2 saturated heterocycles. The van der Waals surface area contributed by atoms with Crippen LogP contribution in [-0.4, -0.2) is 37.0 Å². The second-order valence-electron chi connectivity index (χ2n) is 5.01. The third kappa shape index (κ3) is 2.78. The molecule has 1 aromatic carbocycles. The molecule has 1 amide bonds. The molecule has 3 rings (SSSR count). The van der Waals surface area contributed by atoms with Gasteiger partial charge in [-0.15, -0.1) is 12.4 Å². The number of amides is 1. The van der Waals surface area contributed by atoms with Gasteiger partial charge in [0.15, 0.2) is 0 Å². The molecule has 0 aliphatic carbocycles. The molecule has 2 aliphatic rings. The number of hydrogen-bond donors (Lipinski definition) is 1. The molecule has 19 heavy (non-hydrogen) atoms. The van der Waals surface area contributed by atoms with E-state index < -0.39 is 0 Å². The molecule has 2 heterocycles. The molecule has 2 atom stereocenters. The lowest BCUT2D eigenvalue weighted by molar-refractivity contribution is 0.0780. The molecular formula is C13H15BrClFN2O. The first kappa shape index (κ1) is 14.8. The number of nitrogens with zero attached hydrogens (tertiary/aromatic N) is 1. The number of carbonyl (C=O) groups excluding carboxylic acids is 1. The summed E-state index contributed by atoms with van der Waals surface area (Å²) in [5, 5.41) is 3.34. The smallest absolute Gasteiger partial charge is 0.255 e. The minimum absolute atomic E-state index is 0. The van der Waals surface area contributed by atoms with Crippen molar-refractivity contribution in [2.45, 2.75) is 0 Å². The lowest BCUT2D eigenvalue weighted by Crippen LogP contribution is -2.32. The number of rotatable bonds is 1. The van der Waals surface area contributed by atoms with Gasteiger partial charge >= 0.3 is 0 Å². The largest absolute Gasteiger partial charge is 0.338 e. The van der Waals surface area contributed by atoms with E-state index in [1.807, 2.05) is 4.90 Å². The van der Waals surface area contributed by atoms with Crippen LogP contribution in [0.15, 0.2) is 22.7 Å². The lowest BCUT2D eigenvalue weighted by Gasteiger charge is -2.18. The van der Waals surface area contributed by atoms with Gasteiger partial charge in [0, 0.05) is 30.7 Å². The van der Waals surface area contributed by atoms with E-state index in [0.717, 1.165) is 26.2 Å². The monoisotopic (exact) mass is 348 g/mol. The van der Waals surface area contributed by atoms with E-state index in [1.165, 1.54) is 12.1 Å². The molecule has 0 unspecified atom stereocenters. The highest BCUT2D eigenvalue weighted by Gasteiger charge is 2.38. The Balaban J connectivity index is 0.00000133. The van der Waals surface area contributed by atoms with Crippen molar-refractivity contribution in [1.29, 1.82) is 0 Å². The molecule has 0 saturated carbocycles. The van der Waals surface area contributed by atoms with Crippen LogP contribution in [0.4, 0.5) is 4.39 Å². The fourth-order valence-electron chi connectivity index (χ4n) is 2.85. The highest BCUT2D eigenvalue weighted by molar-refractivity contribution is 9.10. The molecule has 0 aromatic heterocycles. The summed E-state index contributed by atoms with van der Waals surface area (Å²) in [6.45, 7) is 3.52. The summed E-state index contributed by atoms with van der Waals surface area (Å²) < 4.78 is 13.9. The van der Waals surface area contributed by atoms with E-state index in [-0.39, 0.29) is 24.1 Å². The predicted octanol–water partition coefficient (Wildman–Crippen LogP) is 2.30. The fourth-order valence-corrected chi connectivity index (χ4v) is 3.27. The number of fused-ring (bicyclic) bond motifs is 1. The van der Waals surface area contributed by atoms with Crippen LogP contribution in [-0.2, 0) is 0 Å². The zero-order chi connectivity index (χ0) is 12.7. The van der Waals surface area contributed by atoms with Crippen LogP contribution >= 0.6 is 28.3 Å². The molecule has 2 fully saturated rings. The third-order valence-electron chi connectivity index (χ3n) is 3.84. The van der Waals surface area contributed by atoms with Gasteiger partial charge in [-0.2, -0.15) is 0 Å². The summed E-state index contributed by atoms with van der Waals surface area (Å²) >= 11 is 3.31. The van der Waals surface area contributed by atoms with E-state index >= 15 is 0 Å². The molecular weight excluding hydrogens is 335 g/mol. The van der Waals surface area contributed by atoms with E-state index in [4.69, 9.17) is 0 Å². The van der Waals surface area contributed by atoms with Crippen LogP contribution in [0, 0.1) is 17.7 Å². The number of halogens is 3. The Kier molecular flexibility index (Phi) is 4.48. The second kappa shape index (κ2) is 5.77. The molecule has 6 heteroatoms. The molecule has 2 aliphatic heterocycles. The van der Waals surface area contributed by atoms with Gasteiger partial charge in [-0.25, -0.2) is 4.39 Å². The molecule has 104 valence electrons. The first-order valence-electron chi connectivity index (χ1n) is 6.10. The zero-order valence-electron chi connectivity index (χ0n) is 10.2. The maximum Gasteiger partial charge on any atom is 0.255 e. The zero-order valence-corrected chi connectivity index (χ0v) is 12.6. The molecule has 0 radical (unpaired) electrons. The maximum atomic E-state index is 13.2. The molecule has 0 spiro atoms. The number of hydrogen-bond acceptors (Lipinski definition) is 2. The van der Waals surface area contributed by atoms with Crippen molar-refractivity contribution in [3.8, 4) is 0 Å². The normalized spacial score (nSPS) is 25.1. The molecule has 1 aromatic rings. The first-order valence-corrected chi connectivity index (χ1v) is 6.89. The fraction of sp³-hybridized carbons (Fsp3) is 0.462. The Hall–Kier alpha value is -0.650. The van der Waals surface area contributed by atoms with Gasteiger partial charge in [0.25, 0.3) is 5.91 Å². The summed E-state index contributed by atoms with van der Waals surface area (Å²) in [5.41, 5.74) is 0.419. The van der Waals surface area contributed by atoms with Crippen molar-refractivity contribution in [2.24, 2.45) is 11.8 Å². The summed E-state index contributed by atoms with van der Waals surface area (Å²) in [4.78, 5) is 14.2. The second-order valence-corrected chi connectivity index (χ2v) is 5.87. The van der Waals surface area contributed by atoms with Gasteiger partial charge in [0.1, 0.15) is 5.82 Å². The van der Waals surface area contributed by atoms with Crippen LogP contribution in [0.1, 0.15) is 10.4 Å². The summed E-state index contributed by atoms with van der Waals surface area (Å²) in [6, 6.07) is 4.24. The van der Waals surface area contributed by atoms with Crippen LogP contribution in [0.25, 0.3) is 0 Å². The Labute approximate surface area is 126 Å². The summed E-state index contributed by atoms with van der Waals surface area (Å²) in [7, 11) is 0. The summed E-state index contributed by atoms with van der Waals surface area (Å²) in [6.07, 6.45) is 0. The van der Waals surface area contributed by atoms with Crippen molar-refractivity contribution >= 4 is 34.2 Å². The number of benzene rings is 1.